The van der Waals surface area contributed by atoms with E-state index in [1.165, 1.54) is 31.5 Å². The van der Waals surface area contributed by atoms with Crippen molar-refractivity contribution in [2.24, 2.45) is 0 Å². The number of rotatable bonds is 5. The van der Waals surface area contributed by atoms with E-state index in [2.05, 4.69) is 30.3 Å². The molecule has 29 heavy (non-hydrogen) atoms. The monoisotopic (exact) mass is 393 g/mol. The van der Waals surface area contributed by atoms with Gasteiger partial charge in [0.25, 0.3) is 0 Å². The van der Waals surface area contributed by atoms with E-state index in [0.29, 0.717) is 12.6 Å². The molecule has 0 radical (unpaired) electrons. The molecule has 0 amide bonds. The Bertz CT molecular complexity index is 943. The van der Waals surface area contributed by atoms with Gasteiger partial charge in [-0.05, 0) is 65.2 Å². The molecule has 2 aromatic heterocycles. The maximum Gasteiger partial charge on any atom is 0.173 e. The Kier molecular flexibility index (Phi) is 5.03. The Balaban J connectivity index is 1.47. The van der Waals surface area contributed by atoms with Gasteiger partial charge in [-0.15, -0.1) is 5.10 Å². The van der Waals surface area contributed by atoms with Gasteiger partial charge in [-0.3, -0.25) is 14.8 Å². The van der Waals surface area contributed by atoms with E-state index in [-0.39, 0.29) is 11.9 Å². The minimum Gasteiger partial charge on any atom is -0.298 e. The number of hydrogen-bond donors (Lipinski definition) is 0. The first-order chi connectivity index (χ1) is 14.3. The van der Waals surface area contributed by atoms with Crippen molar-refractivity contribution in [3.05, 3.63) is 71.6 Å². The molecule has 0 N–H and O–H groups in total. The Morgan fingerprint density at radius 2 is 1.86 bits per heavy atom. The number of aromatic nitrogens is 5. The van der Waals surface area contributed by atoms with Crippen LogP contribution in [0.1, 0.15) is 35.8 Å². The molecule has 2 aliphatic heterocycles. The molecule has 7 nitrogen and oxygen atoms in total. The van der Waals surface area contributed by atoms with Gasteiger partial charge in [0.2, 0.25) is 0 Å². The fraction of sp³-hybridized carbons (Fsp3) is 0.429. The molecule has 3 aromatic rings. The summed E-state index contributed by atoms with van der Waals surface area (Å²) in [5, 5.41) is 12.6. The average Bonchev–Trinajstić information content (AvgIpc) is 3.40. The minimum absolute atomic E-state index is 0.0313. The molecule has 2 fully saturated rings. The van der Waals surface area contributed by atoms with Gasteiger partial charge in [0.1, 0.15) is 5.82 Å². The Morgan fingerprint density at radius 3 is 2.69 bits per heavy atom. The highest BCUT2D eigenvalue weighted by atomic mass is 19.1. The molecule has 5 rings (SSSR count). The van der Waals surface area contributed by atoms with Gasteiger partial charge < -0.3 is 0 Å². The first-order valence-corrected chi connectivity index (χ1v) is 10.2. The zero-order valence-corrected chi connectivity index (χ0v) is 16.2. The second-order valence-corrected chi connectivity index (χ2v) is 7.83. The van der Waals surface area contributed by atoms with E-state index in [4.69, 9.17) is 0 Å². The van der Waals surface area contributed by atoms with Crippen molar-refractivity contribution < 1.29 is 4.39 Å². The van der Waals surface area contributed by atoms with Crippen molar-refractivity contribution in [3.8, 4) is 0 Å². The molecule has 2 unspecified atom stereocenters. The third kappa shape index (κ3) is 3.77. The molecule has 1 aromatic carbocycles. The second-order valence-electron chi connectivity index (χ2n) is 7.83. The lowest BCUT2D eigenvalue weighted by Crippen LogP contribution is -2.51. The SMILES string of the molecule is Fc1ccc(Cn2nnnc2C(c2ccncc2)N2CCN3CCCC3C2)cc1. The number of fused-ring (bicyclic) bond motifs is 1. The van der Waals surface area contributed by atoms with Gasteiger partial charge in [0, 0.05) is 38.1 Å². The summed E-state index contributed by atoms with van der Waals surface area (Å²) < 4.78 is 15.1. The van der Waals surface area contributed by atoms with E-state index in [9.17, 15) is 4.39 Å². The Hall–Kier alpha value is -2.71. The number of piperazine rings is 1. The van der Waals surface area contributed by atoms with E-state index < -0.39 is 0 Å². The molecule has 0 saturated carbocycles. The average molecular weight is 393 g/mol. The number of hydrogen-bond acceptors (Lipinski definition) is 6. The minimum atomic E-state index is -0.241. The summed E-state index contributed by atoms with van der Waals surface area (Å²) in [6.07, 6.45) is 6.17. The van der Waals surface area contributed by atoms with Crippen molar-refractivity contribution in [1.82, 2.24) is 35.0 Å². The summed E-state index contributed by atoms with van der Waals surface area (Å²) in [5.41, 5.74) is 2.11. The molecule has 8 heteroatoms. The lowest BCUT2D eigenvalue weighted by molar-refractivity contribution is 0.0794. The number of nitrogens with zero attached hydrogens (tertiary/aromatic N) is 7. The largest absolute Gasteiger partial charge is 0.298 e. The number of pyridine rings is 1. The standard InChI is InChI=1S/C21H24FN7/c22-18-5-3-16(4-6-18)14-29-21(24-25-26-29)20(17-7-9-23-10-8-17)28-13-12-27-11-1-2-19(27)15-28/h3-10,19-20H,1-2,11-15H2. The van der Waals surface area contributed by atoms with Crippen molar-refractivity contribution in [1.29, 1.82) is 0 Å². The molecule has 2 aliphatic rings. The highest BCUT2D eigenvalue weighted by Crippen LogP contribution is 2.31. The zero-order valence-electron chi connectivity index (χ0n) is 16.2. The first-order valence-electron chi connectivity index (χ1n) is 10.2. The van der Waals surface area contributed by atoms with Crippen LogP contribution < -0.4 is 0 Å². The molecule has 150 valence electrons. The quantitative estimate of drug-likeness (QED) is 0.662. The van der Waals surface area contributed by atoms with E-state index >= 15 is 0 Å². The normalized spacial score (nSPS) is 21.2. The fourth-order valence-electron chi connectivity index (χ4n) is 4.60. The summed E-state index contributed by atoms with van der Waals surface area (Å²) in [5.74, 6) is 0.571. The van der Waals surface area contributed by atoms with Crippen molar-refractivity contribution >= 4 is 0 Å². The Morgan fingerprint density at radius 1 is 1.03 bits per heavy atom. The third-order valence-corrected chi connectivity index (χ3v) is 6.06. The summed E-state index contributed by atoms with van der Waals surface area (Å²) >= 11 is 0. The molecule has 0 aliphatic carbocycles. The van der Waals surface area contributed by atoms with Crippen LogP contribution in [0, 0.1) is 5.82 Å². The molecule has 4 heterocycles. The lowest BCUT2D eigenvalue weighted by Gasteiger charge is -2.41. The summed E-state index contributed by atoms with van der Waals surface area (Å²) in [6.45, 7) is 4.78. The van der Waals surface area contributed by atoms with Gasteiger partial charge in [-0.25, -0.2) is 9.07 Å². The van der Waals surface area contributed by atoms with Crippen LogP contribution in [0.5, 0.6) is 0 Å². The van der Waals surface area contributed by atoms with Crippen molar-refractivity contribution in [2.45, 2.75) is 31.5 Å². The highest BCUT2D eigenvalue weighted by molar-refractivity contribution is 5.24. The van der Waals surface area contributed by atoms with Gasteiger partial charge in [-0.2, -0.15) is 0 Å². The molecule has 2 atom stereocenters. The molecule has 0 spiro atoms. The summed E-state index contributed by atoms with van der Waals surface area (Å²) in [4.78, 5) is 9.28. The van der Waals surface area contributed by atoms with Crippen LogP contribution in [-0.4, -0.2) is 67.2 Å². The third-order valence-electron chi connectivity index (χ3n) is 6.06. The van der Waals surface area contributed by atoms with Crippen LogP contribution in [0.4, 0.5) is 4.39 Å². The molecular formula is C21H24FN7. The molecule has 0 bridgehead atoms. The molecular weight excluding hydrogens is 369 g/mol. The Labute approximate surface area is 169 Å². The van der Waals surface area contributed by atoms with Crippen LogP contribution in [0.15, 0.2) is 48.8 Å². The number of benzene rings is 1. The van der Waals surface area contributed by atoms with E-state index in [0.717, 1.165) is 36.6 Å². The molecule has 2 saturated heterocycles. The fourth-order valence-corrected chi connectivity index (χ4v) is 4.60. The number of halogens is 1. The highest BCUT2D eigenvalue weighted by Gasteiger charge is 2.36. The van der Waals surface area contributed by atoms with Crippen molar-refractivity contribution in [3.63, 3.8) is 0 Å². The zero-order chi connectivity index (χ0) is 19.6. The number of tetrazole rings is 1. The first kappa shape index (κ1) is 18.3. The van der Waals surface area contributed by atoms with Crippen LogP contribution in [0.25, 0.3) is 0 Å². The van der Waals surface area contributed by atoms with E-state index in [1.54, 1.807) is 12.1 Å². The lowest BCUT2D eigenvalue weighted by atomic mass is 10.0. The van der Waals surface area contributed by atoms with Crippen LogP contribution >= 0.6 is 0 Å². The van der Waals surface area contributed by atoms with Gasteiger partial charge in [-0.1, -0.05) is 12.1 Å². The maximum atomic E-state index is 13.3. The van der Waals surface area contributed by atoms with Gasteiger partial charge >= 0.3 is 0 Å². The van der Waals surface area contributed by atoms with Gasteiger partial charge in [0.05, 0.1) is 12.6 Å². The predicted molar refractivity (Wildman–Crippen MR) is 106 cm³/mol. The summed E-state index contributed by atoms with van der Waals surface area (Å²) in [6, 6.07) is 11.2. The van der Waals surface area contributed by atoms with Crippen LogP contribution in [-0.2, 0) is 6.54 Å². The van der Waals surface area contributed by atoms with Crippen LogP contribution in [0.2, 0.25) is 0 Å². The topological polar surface area (TPSA) is 63.0 Å². The smallest absolute Gasteiger partial charge is 0.173 e. The van der Waals surface area contributed by atoms with Gasteiger partial charge in [0.15, 0.2) is 5.82 Å². The predicted octanol–water partition coefficient (Wildman–Crippen LogP) is 2.12. The summed E-state index contributed by atoms with van der Waals surface area (Å²) in [7, 11) is 0. The van der Waals surface area contributed by atoms with Crippen molar-refractivity contribution in [2.75, 3.05) is 26.2 Å². The second kappa shape index (κ2) is 7.96. The van der Waals surface area contributed by atoms with E-state index in [1.807, 2.05) is 29.2 Å². The maximum absolute atomic E-state index is 13.3. The van der Waals surface area contributed by atoms with Crippen LogP contribution in [0.3, 0.4) is 0 Å².